The Bertz CT molecular complexity index is 965. The highest BCUT2D eigenvalue weighted by Gasteiger charge is 2.33. The monoisotopic (exact) mass is 479 g/mol. The third-order valence-corrected chi connectivity index (χ3v) is 7.10. The normalized spacial score (nSPS) is 17.5. The van der Waals surface area contributed by atoms with Crippen LogP contribution in [-0.2, 0) is 19.6 Å². The molecule has 29 heavy (non-hydrogen) atoms. The van der Waals surface area contributed by atoms with E-state index >= 15 is 0 Å². The fraction of sp³-hybridized carbons (Fsp3) is 0.300. The van der Waals surface area contributed by atoms with Gasteiger partial charge in [0.2, 0.25) is 21.8 Å². The third-order valence-electron chi connectivity index (χ3n) is 4.69. The number of benzene rings is 2. The first-order valence-corrected chi connectivity index (χ1v) is 11.5. The molecule has 0 saturated carbocycles. The fourth-order valence-electron chi connectivity index (χ4n) is 3.17. The number of anilines is 1. The number of rotatable bonds is 6. The van der Waals surface area contributed by atoms with Gasteiger partial charge < -0.3 is 10.6 Å². The summed E-state index contributed by atoms with van der Waals surface area (Å²) in [5.74, 6) is -1.14. The summed E-state index contributed by atoms with van der Waals surface area (Å²) in [5.41, 5.74) is 0.630. The molecule has 0 radical (unpaired) electrons. The molecule has 1 unspecified atom stereocenters. The Labute approximate surface area is 178 Å². The van der Waals surface area contributed by atoms with E-state index < -0.39 is 15.9 Å². The van der Waals surface area contributed by atoms with Crippen LogP contribution >= 0.6 is 15.9 Å². The molecule has 1 aliphatic heterocycles. The van der Waals surface area contributed by atoms with E-state index in [1.54, 1.807) is 54.6 Å². The van der Waals surface area contributed by atoms with Crippen molar-refractivity contribution in [2.45, 2.75) is 17.7 Å². The summed E-state index contributed by atoms with van der Waals surface area (Å²) in [6.07, 6.45) is 1.18. The molecule has 0 aromatic heterocycles. The van der Waals surface area contributed by atoms with E-state index in [0.717, 1.165) is 4.47 Å². The summed E-state index contributed by atoms with van der Waals surface area (Å²) < 4.78 is 27.8. The van der Waals surface area contributed by atoms with Crippen LogP contribution in [-0.4, -0.2) is 44.2 Å². The molecule has 3 rings (SSSR count). The molecule has 2 amide bonds. The van der Waals surface area contributed by atoms with Crippen molar-refractivity contribution in [3.8, 4) is 0 Å². The molecule has 7 nitrogen and oxygen atoms in total. The number of piperidine rings is 1. The zero-order valence-electron chi connectivity index (χ0n) is 15.7. The molecular formula is C20H22BrN3O4S. The molecule has 1 saturated heterocycles. The van der Waals surface area contributed by atoms with Crippen LogP contribution in [0.5, 0.6) is 0 Å². The lowest BCUT2D eigenvalue weighted by molar-refractivity contribution is -0.128. The summed E-state index contributed by atoms with van der Waals surface area (Å²) in [6, 6.07) is 15.3. The van der Waals surface area contributed by atoms with Gasteiger partial charge >= 0.3 is 0 Å². The van der Waals surface area contributed by atoms with Gasteiger partial charge in [-0.2, -0.15) is 4.31 Å². The second-order valence-electron chi connectivity index (χ2n) is 6.79. The van der Waals surface area contributed by atoms with Crippen molar-refractivity contribution in [3.05, 3.63) is 59.1 Å². The Morgan fingerprint density at radius 1 is 1.07 bits per heavy atom. The Morgan fingerprint density at radius 3 is 2.45 bits per heavy atom. The Kier molecular flexibility index (Phi) is 7.05. The van der Waals surface area contributed by atoms with Gasteiger partial charge in [0, 0.05) is 23.2 Å². The van der Waals surface area contributed by atoms with Crippen molar-refractivity contribution in [1.82, 2.24) is 9.62 Å². The largest absolute Gasteiger partial charge is 0.347 e. The van der Waals surface area contributed by atoms with Crippen LogP contribution in [0.2, 0.25) is 0 Å². The van der Waals surface area contributed by atoms with Crippen molar-refractivity contribution in [2.75, 3.05) is 25.0 Å². The summed E-state index contributed by atoms with van der Waals surface area (Å²) in [4.78, 5) is 24.8. The first kappa shape index (κ1) is 21.5. The highest BCUT2D eigenvalue weighted by atomic mass is 79.9. The van der Waals surface area contributed by atoms with Crippen LogP contribution < -0.4 is 10.6 Å². The number of amides is 2. The van der Waals surface area contributed by atoms with Crippen LogP contribution in [0, 0.1) is 5.92 Å². The van der Waals surface area contributed by atoms with E-state index in [-0.39, 0.29) is 29.8 Å². The first-order chi connectivity index (χ1) is 13.9. The smallest absolute Gasteiger partial charge is 0.243 e. The zero-order valence-corrected chi connectivity index (χ0v) is 18.1. The van der Waals surface area contributed by atoms with E-state index in [9.17, 15) is 18.0 Å². The minimum Gasteiger partial charge on any atom is -0.347 e. The molecule has 9 heteroatoms. The minimum atomic E-state index is -3.63. The van der Waals surface area contributed by atoms with Gasteiger partial charge in [-0.15, -0.1) is 0 Å². The molecule has 1 heterocycles. The van der Waals surface area contributed by atoms with Gasteiger partial charge in [0.25, 0.3) is 0 Å². The van der Waals surface area contributed by atoms with E-state index in [4.69, 9.17) is 0 Å². The summed E-state index contributed by atoms with van der Waals surface area (Å²) in [7, 11) is -3.63. The number of hydrogen-bond acceptors (Lipinski definition) is 4. The van der Waals surface area contributed by atoms with Crippen molar-refractivity contribution in [1.29, 1.82) is 0 Å². The second-order valence-corrected chi connectivity index (χ2v) is 9.64. The average Bonchev–Trinajstić information content (AvgIpc) is 2.74. The SMILES string of the molecule is O=C(CNC(=O)C1CCCN(S(=O)(=O)c2ccccc2)C1)Nc1ccc(Br)cc1. The Balaban J connectivity index is 1.54. The predicted octanol–water partition coefficient (Wildman–Crippen LogP) is 2.60. The Morgan fingerprint density at radius 2 is 1.76 bits per heavy atom. The van der Waals surface area contributed by atoms with E-state index in [2.05, 4.69) is 26.6 Å². The quantitative estimate of drug-likeness (QED) is 0.665. The number of carbonyl (C=O) groups is 2. The number of nitrogens with zero attached hydrogens (tertiary/aromatic N) is 1. The molecule has 1 aliphatic rings. The maximum absolute atomic E-state index is 12.8. The van der Waals surface area contributed by atoms with Gasteiger partial charge in [0.15, 0.2) is 0 Å². The van der Waals surface area contributed by atoms with Crippen LogP contribution in [0.25, 0.3) is 0 Å². The zero-order chi connectivity index (χ0) is 20.9. The van der Waals surface area contributed by atoms with Gasteiger partial charge in [-0.1, -0.05) is 34.1 Å². The lowest BCUT2D eigenvalue weighted by atomic mass is 9.99. The standard InChI is InChI=1S/C20H22BrN3O4S/c21-16-8-10-17(11-9-16)23-19(25)13-22-20(26)15-5-4-12-24(14-15)29(27,28)18-6-2-1-3-7-18/h1-3,6-11,15H,4-5,12-14H2,(H,22,26)(H,23,25). The van der Waals surface area contributed by atoms with Crippen molar-refractivity contribution in [2.24, 2.45) is 5.92 Å². The second kappa shape index (κ2) is 9.51. The third kappa shape index (κ3) is 5.65. The van der Waals surface area contributed by atoms with Gasteiger partial charge in [-0.3, -0.25) is 9.59 Å². The van der Waals surface area contributed by atoms with Gasteiger partial charge in [-0.05, 0) is 49.2 Å². The number of carbonyl (C=O) groups excluding carboxylic acids is 2. The molecule has 154 valence electrons. The summed E-state index contributed by atoms with van der Waals surface area (Å²) in [6.45, 7) is 0.319. The Hall–Kier alpha value is -2.23. The number of nitrogens with one attached hydrogen (secondary N) is 2. The van der Waals surface area contributed by atoms with Crippen molar-refractivity contribution >= 4 is 43.5 Å². The highest BCUT2D eigenvalue weighted by Crippen LogP contribution is 2.23. The first-order valence-electron chi connectivity index (χ1n) is 9.24. The van der Waals surface area contributed by atoms with E-state index in [1.165, 1.54) is 4.31 Å². The lowest BCUT2D eigenvalue weighted by Gasteiger charge is -2.31. The molecule has 0 aliphatic carbocycles. The molecule has 0 spiro atoms. The van der Waals surface area contributed by atoms with Crippen LogP contribution in [0.1, 0.15) is 12.8 Å². The van der Waals surface area contributed by atoms with Gasteiger partial charge in [0.05, 0.1) is 17.4 Å². The van der Waals surface area contributed by atoms with Crippen molar-refractivity contribution in [3.63, 3.8) is 0 Å². The molecular weight excluding hydrogens is 458 g/mol. The van der Waals surface area contributed by atoms with Gasteiger partial charge in [-0.25, -0.2) is 8.42 Å². The maximum atomic E-state index is 12.8. The molecule has 2 N–H and O–H groups in total. The minimum absolute atomic E-state index is 0.109. The van der Waals surface area contributed by atoms with Crippen LogP contribution in [0.3, 0.4) is 0 Å². The number of sulfonamides is 1. The van der Waals surface area contributed by atoms with Crippen LogP contribution in [0.15, 0.2) is 64.0 Å². The fourth-order valence-corrected chi connectivity index (χ4v) is 4.98. The summed E-state index contributed by atoms with van der Waals surface area (Å²) >= 11 is 3.32. The predicted molar refractivity (Wildman–Crippen MR) is 114 cm³/mol. The average molecular weight is 480 g/mol. The highest BCUT2D eigenvalue weighted by molar-refractivity contribution is 9.10. The lowest BCUT2D eigenvalue weighted by Crippen LogP contribution is -2.46. The molecule has 1 fully saturated rings. The molecule has 2 aromatic carbocycles. The molecule has 0 bridgehead atoms. The molecule has 1 atom stereocenters. The molecule has 2 aromatic rings. The maximum Gasteiger partial charge on any atom is 0.243 e. The van der Waals surface area contributed by atoms with Crippen LogP contribution in [0.4, 0.5) is 5.69 Å². The number of halogens is 1. The van der Waals surface area contributed by atoms with E-state index in [0.29, 0.717) is 25.1 Å². The van der Waals surface area contributed by atoms with Gasteiger partial charge in [0.1, 0.15) is 0 Å². The van der Waals surface area contributed by atoms with Crippen molar-refractivity contribution < 1.29 is 18.0 Å². The topological polar surface area (TPSA) is 95.6 Å². The summed E-state index contributed by atoms with van der Waals surface area (Å²) in [5, 5.41) is 5.31. The van der Waals surface area contributed by atoms with E-state index in [1.807, 2.05) is 0 Å². The number of hydrogen-bond donors (Lipinski definition) is 2.